The van der Waals surface area contributed by atoms with Gasteiger partial charge in [-0.3, -0.25) is 9.78 Å². The first kappa shape index (κ1) is 16.2. The van der Waals surface area contributed by atoms with Gasteiger partial charge >= 0.3 is 0 Å². The van der Waals surface area contributed by atoms with E-state index in [9.17, 15) is 4.79 Å². The predicted octanol–water partition coefficient (Wildman–Crippen LogP) is 4.38. The van der Waals surface area contributed by atoms with E-state index in [4.69, 9.17) is 17.0 Å². The first-order chi connectivity index (χ1) is 11.7. The number of para-hydroxylation sites is 1. The molecule has 122 valence electrons. The van der Waals surface area contributed by atoms with E-state index in [1.807, 2.05) is 61.5 Å². The van der Waals surface area contributed by atoms with Gasteiger partial charge in [-0.2, -0.15) is 0 Å². The van der Waals surface area contributed by atoms with Crippen molar-refractivity contribution in [1.29, 1.82) is 0 Å². The molecule has 24 heavy (non-hydrogen) atoms. The maximum Gasteiger partial charge on any atom is 0.255 e. The van der Waals surface area contributed by atoms with Crippen molar-refractivity contribution in [2.24, 2.45) is 0 Å². The molecule has 3 rings (SSSR count). The van der Waals surface area contributed by atoms with E-state index in [0.29, 0.717) is 16.8 Å². The molecule has 0 fully saturated rings. The Balaban J connectivity index is 1.88. The molecule has 2 aromatic carbocycles. The number of hydrogen-bond donors (Lipinski definition) is 2. The zero-order valence-electron chi connectivity index (χ0n) is 13.3. The molecule has 1 heterocycles. The molecule has 0 aliphatic carbocycles. The second-order valence-electron chi connectivity index (χ2n) is 5.46. The fourth-order valence-electron chi connectivity index (χ4n) is 2.60. The van der Waals surface area contributed by atoms with Crippen molar-refractivity contribution < 1.29 is 4.74 Å². The Bertz CT molecular complexity index is 945. The molecule has 0 spiro atoms. The van der Waals surface area contributed by atoms with Gasteiger partial charge in [0.2, 0.25) is 0 Å². The molecule has 5 heteroatoms. The van der Waals surface area contributed by atoms with Gasteiger partial charge in [0.25, 0.3) is 5.56 Å². The lowest BCUT2D eigenvalue weighted by atomic mass is 10.0. The molecule has 1 aromatic heterocycles. The second-order valence-corrected chi connectivity index (χ2v) is 5.87. The lowest BCUT2D eigenvalue weighted by molar-refractivity contribution is 0.482. The number of benzene rings is 2. The lowest BCUT2D eigenvalue weighted by Crippen LogP contribution is -2.18. The summed E-state index contributed by atoms with van der Waals surface area (Å²) < 4.78 is 6.21. The third-order valence-corrected chi connectivity index (χ3v) is 3.95. The van der Waals surface area contributed by atoms with Crippen molar-refractivity contribution >= 4 is 12.2 Å². The maximum absolute atomic E-state index is 12.2. The summed E-state index contributed by atoms with van der Waals surface area (Å²) in [6, 6.07) is 17.4. The van der Waals surface area contributed by atoms with Gasteiger partial charge in [-0.05, 0) is 48.5 Å². The number of hydrogen-bond acceptors (Lipinski definition) is 3. The Labute approximate surface area is 145 Å². The fourth-order valence-corrected chi connectivity index (χ4v) is 2.81. The lowest BCUT2D eigenvalue weighted by Gasteiger charge is -2.09. The summed E-state index contributed by atoms with van der Waals surface area (Å²) in [7, 11) is 0. The number of aromatic amines is 2. The predicted molar refractivity (Wildman–Crippen MR) is 97.4 cm³/mol. The van der Waals surface area contributed by atoms with Gasteiger partial charge in [0, 0.05) is 17.7 Å². The van der Waals surface area contributed by atoms with E-state index >= 15 is 0 Å². The average Bonchev–Trinajstić information content (AvgIpc) is 2.58. The number of H-pyrrole nitrogens is 2. The van der Waals surface area contributed by atoms with Crippen LogP contribution in [0.4, 0.5) is 0 Å². The molecule has 0 unspecified atom stereocenters. The zero-order chi connectivity index (χ0) is 16.9. The van der Waals surface area contributed by atoms with Crippen molar-refractivity contribution in [3.8, 4) is 11.5 Å². The van der Waals surface area contributed by atoms with Crippen LogP contribution in [-0.4, -0.2) is 9.97 Å². The van der Waals surface area contributed by atoms with Crippen molar-refractivity contribution in [3.63, 3.8) is 0 Å². The normalized spacial score (nSPS) is 10.5. The summed E-state index contributed by atoms with van der Waals surface area (Å²) in [4.78, 5) is 18.0. The van der Waals surface area contributed by atoms with Crippen molar-refractivity contribution in [3.05, 3.63) is 86.5 Å². The quantitative estimate of drug-likeness (QED) is 0.679. The molecule has 0 atom stereocenters. The number of aromatic nitrogens is 2. The van der Waals surface area contributed by atoms with Crippen LogP contribution in [0.3, 0.4) is 0 Å². The first-order valence-corrected chi connectivity index (χ1v) is 8.22. The van der Waals surface area contributed by atoms with Gasteiger partial charge in [-0.1, -0.05) is 37.3 Å². The van der Waals surface area contributed by atoms with Gasteiger partial charge < -0.3 is 9.72 Å². The number of rotatable bonds is 5. The van der Waals surface area contributed by atoms with Crippen LogP contribution in [0.1, 0.15) is 23.7 Å². The highest BCUT2D eigenvalue weighted by Gasteiger charge is 2.09. The SMILES string of the molecule is CCc1[nH]c(=S)[nH]c(=O)c1Cc1cccc(Oc2ccccc2)c1. The van der Waals surface area contributed by atoms with Crippen LogP contribution < -0.4 is 10.3 Å². The number of aryl methyl sites for hydroxylation is 1. The average molecular weight is 338 g/mol. The van der Waals surface area contributed by atoms with Gasteiger partial charge in [0.15, 0.2) is 4.77 Å². The van der Waals surface area contributed by atoms with Gasteiger partial charge in [-0.25, -0.2) is 0 Å². The molecule has 4 nitrogen and oxygen atoms in total. The van der Waals surface area contributed by atoms with E-state index in [2.05, 4.69) is 9.97 Å². The van der Waals surface area contributed by atoms with Crippen LogP contribution in [0, 0.1) is 4.77 Å². The van der Waals surface area contributed by atoms with Crippen molar-refractivity contribution in [2.75, 3.05) is 0 Å². The second kappa shape index (κ2) is 7.27. The van der Waals surface area contributed by atoms with E-state index in [-0.39, 0.29) is 5.56 Å². The highest BCUT2D eigenvalue weighted by Crippen LogP contribution is 2.22. The summed E-state index contributed by atoms with van der Waals surface area (Å²) in [5, 5.41) is 0. The largest absolute Gasteiger partial charge is 0.457 e. The third-order valence-electron chi connectivity index (χ3n) is 3.74. The molecule has 0 aliphatic heterocycles. The summed E-state index contributed by atoms with van der Waals surface area (Å²) in [5.74, 6) is 1.53. The Morgan fingerprint density at radius 1 is 1.00 bits per heavy atom. The topological polar surface area (TPSA) is 57.9 Å². The van der Waals surface area contributed by atoms with Crippen LogP contribution in [0.5, 0.6) is 11.5 Å². The minimum absolute atomic E-state index is 0.134. The first-order valence-electron chi connectivity index (χ1n) is 7.82. The molecular weight excluding hydrogens is 320 g/mol. The minimum Gasteiger partial charge on any atom is -0.457 e. The summed E-state index contributed by atoms with van der Waals surface area (Å²) in [6.45, 7) is 2.00. The molecule has 0 bridgehead atoms. The maximum atomic E-state index is 12.2. The minimum atomic E-state index is -0.134. The third kappa shape index (κ3) is 3.81. The Morgan fingerprint density at radius 3 is 2.50 bits per heavy atom. The molecule has 2 N–H and O–H groups in total. The van der Waals surface area contributed by atoms with E-state index < -0.39 is 0 Å². The van der Waals surface area contributed by atoms with Crippen molar-refractivity contribution in [2.45, 2.75) is 19.8 Å². The Hall–Kier alpha value is -2.66. The smallest absolute Gasteiger partial charge is 0.255 e. The monoisotopic (exact) mass is 338 g/mol. The van der Waals surface area contributed by atoms with Crippen molar-refractivity contribution in [1.82, 2.24) is 9.97 Å². The highest BCUT2D eigenvalue weighted by molar-refractivity contribution is 7.71. The van der Waals surface area contributed by atoms with Gasteiger partial charge in [0.1, 0.15) is 11.5 Å². The fraction of sp³-hybridized carbons (Fsp3) is 0.158. The van der Waals surface area contributed by atoms with Crippen LogP contribution in [0.25, 0.3) is 0 Å². The summed E-state index contributed by atoms with van der Waals surface area (Å²) in [5.41, 5.74) is 2.46. The summed E-state index contributed by atoms with van der Waals surface area (Å²) in [6.07, 6.45) is 1.25. The van der Waals surface area contributed by atoms with Gasteiger partial charge in [-0.15, -0.1) is 0 Å². The Kier molecular flexibility index (Phi) is 4.91. The van der Waals surface area contributed by atoms with Crippen LogP contribution in [0.2, 0.25) is 0 Å². The van der Waals surface area contributed by atoms with Crippen LogP contribution >= 0.6 is 12.2 Å². The molecule has 0 aliphatic rings. The van der Waals surface area contributed by atoms with Crippen LogP contribution in [0.15, 0.2) is 59.4 Å². The zero-order valence-corrected chi connectivity index (χ0v) is 14.2. The molecule has 3 aromatic rings. The van der Waals surface area contributed by atoms with E-state index in [1.165, 1.54) is 0 Å². The molecule has 0 amide bonds. The van der Waals surface area contributed by atoms with E-state index in [1.54, 1.807) is 0 Å². The number of ether oxygens (including phenoxy) is 1. The standard InChI is InChI=1S/C19H18N2O2S/c1-2-17-16(18(22)21-19(24)20-17)12-13-7-6-10-15(11-13)23-14-8-4-3-5-9-14/h3-11H,2,12H2,1H3,(H2,20,21,22,24). The molecule has 0 saturated carbocycles. The number of nitrogens with one attached hydrogen (secondary N) is 2. The highest BCUT2D eigenvalue weighted by atomic mass is 32.1. The Morgan fingerprint density at radius 2 is 1.75 bits per heavy atom. The molecule has 0 radical (unpaired) electrons. The molecule has 0 saturated heterocycles. The van der Waals surface area contributed by atoms with E-state index in [0.717, 1.165) is 29.2 Å². The van der Waals surface area contributed by atoms with Crippen LogP contribution in [-0.2, 0) is 12.8 Å². The summed E-state index contributed by atoms with van der Waals surface area (Å²) >= 11 is 5.04. The van der Waals surface area contributed by atoms with Gasteiger partial charge in [0.05, 0.1) is 0 Å². The molecular formula is C19H18N2O2S.